The van der Waals surface area contributed by atoms with Gasteiger partial charge in [0.05, 0.1) is 0 Å². The quantitative estimate of drug-likeness (QED) is 0.866. The van der Waals surface area contributed by atoms with Gasteiger partial charge in [-0.05, 0) is 49.8 Å². The smallest absolute Gasteiger partial charge is 0.136 e. The fourth-order valence-electron chi connectivity index (χ4n) is 3.08. The van der Waals surface area contributed by atoms with E-state index in [1.807, 2.05) is 19.2 Å². The highest BCUT2D eigenvalue weighted by atomic mass is 32.2. The van der Waals surface area contributed by atoms with Gasteiger partial charge in [-0.25, -0.2) is 4.39 Å². The van der Waals surface area contributed by atoms with Gasteiger partial charge in [-0.3, -0.25) is 0 Å². The Morgan fingerprint density at radius 3 is 2.50 bits per heavy atom. The Labute approximate surface area is 126 Å². The lowest BCUT2D eigenvalue weighted by Crippen LogP contribution is -2.43. The van der Waals surface area contributed by atoms with Crippen molar-refractivity contribution in [2.75, 3.05) is 7.05 Å². The number of benzene rings is 1. The normalized spacial score (nSPS) is 27.6. The second-order valence-corrected chi connectivity index (χ2v) is 8.14. The third kappa shape index (κ3) is 3.76. The fraction of sp³-hybridized carbons (Fsp3) is 0.647. The molecule has 3 heteroatoms. The first-order valence-corrected chi connectivity index (χ1v) is 8.38. The molecule has 3 atom stereocenters. The fourth-order valence-corrected chi connectivity index (χ4v) is 4.51. The molecule has 0 saturated heterocycles. The van der Waals surface area contributed by atoms with Crippen LogP contribution in [0, 0.1) is 17.2 Å². The Bertz CT molecular complexity index is 441. The first-order valence-electron chi connectivity index (χ1n) is 7.50. The van der Waals surface area contributed by atoms with Crippen LogP contribution in [0.25, 0.3) is 0 Å². The summed E-state index contributed by atoms with van der Waals surface area (Å²) in [5.41, 5.74) is 0.340. The average molecular weight is 295 g/mol. The van der Waals surface area contributed by atoms with Crippen molar-refractivity contribution in [3.8, 4) is 0 Å². The molecule has 1 saturated carbocycles. The predicted molar refractivity (Wildman–Crippen MR) is 85.7 cm³/mol. The molecule has 0 amide bonds. The summed E-state index contributed by atoms with van der Waals surface area (Å²) >= 11 is 1.71. The first-order chi connectivity index (χ1) is 9.41. The van der Waals surface area contributed by atoms with Crippen molar-refractivity contribution in [1.82, 2.24) is 5.32 Å². The van der Waals surface area contributed by atoms with E-state index in [2.05, 4.69) is 26.1 Å². The van der Waals surface area contributed by atoms with Crippen LogP contribution >= 0.6 is 11.8 Å². The molecule has 1 aromatic carbocycles. The molecule has 20 heavy (non-hydrogen) atoms. The zero-order valence-corrected chi connectivity index (χ0v) is 13.8. The Kier molecular flexibility index (Phi) is 5.14. The zero-order valence-electron chi connectivity index (χ0n) is 12.9. The number of hydrogen-bond donors (Lipinski definition) is 1. The van der Waals surface area contributed by atoms with Crippen LogP contribution in [-0.2, 0) is 0 Å². The number of hydrogen-bond acceptors (Lipinski definition) is 2. The van der Waals surface area contributed by atoms with Crippen molar-refractivity contribution in [3.63, 3.8) is 0 Å². The molecule has 0 aromatic heterocycles. The van der Waals surface area contributed by atoms with Crippen molar-refractivity contribution in [2.24, 2.45) is 11.3 Å². The molecule has 1 fully saturated rings. The predicted octanol–water partition coefficient (Wildman–Crippen LogP) is 4.72. The molecule has 112 valence electrons. The minimum absolute atomic E-state index is 0.0924. The zero-order chi connectivity index (χ0) is 14.8. The summed E-state index contributed by atoms with van der Waals surface area (Å²) in [5, 5.41) is 3.88. The molecule has 0 heterocycles. The Morgan fingerprint density at radius 2 is 1.90 bits per heavy atom. The number of thioether (sulfide) groups is 1. The van der Waals surface area contributed by atoms with Crippen LogP contribution in [0.3, 0.4) is 0 Å². The highest BCUT2D eigenvalue weighted by molar-refractivity contribution is 8.00. The van der Waals surface area contributed by atoms with E-state index in [-0.39, 0.29) is 5.82 Å². The molecule has 2 rings (SSSR count). The molecule has 1 aliphatic rings. The van der Waals surface area contributed by atoms with Crippen molar-refractivity contribution >= 4 is 11.8 Å². The van der Waals surface area contributed by atoms with Crippen molar-refractivity contribution < 1.29 is 4.39 Å². The second kappa shape index (κ2) is 6.48. The van der Waals surface area contributed by atoms with Gasteiger partial charge in [0.25, 0.3) is 0 Å². The lowest BCUT2D eigenvalue weighted by atomic mass is 9.71. The number of halogens is 1. The SMILES string of the molecule is CNC1CCC(C(C)(C)C)CC1Sc1ccccc1F. The minimum Gasteiger partial charge on any atom is -0.316 e. The molecule has 3 unspecified atom stereocenters. The van der Waals surface area contributed by atoms with E-state index in [1.54, 1.807) is 23.9 Å². The number of rotatable bonds is 3. The summed E-state index contributed by atoms with van der Waals surface area (Å²) in [7, 11) is 2.02. The summed E-state index contributed by atoms with van der Waals surface area (Å²) in [4.78, 5) is 0.785. The van der Waals surface area contributed by atoms with Crippen molar-refractivity contribution in [3.05, 3.63) is 30.1 Å². The summed E-state index contributed by atoms with van der Waals surface area (Å²) in [6, 6.07) is 7.62. The molecule has 1 aliphatic carbocycles. The largest absolute Gasteiger partial charge is 0.316 e. The third-order valence-corrected chi connectivity index (χ3v) is 5.91. The summed E-state index contributed by atoms with van der Waals surface area (Å²) in [6.45, 7) is 6.96. The van der Waals surface area contributed by atoms with Gasteiger partial charge >= 0.3 is 0 Å². The molecular weight excluding hydrogens is 269 g/mol. The molecule has 1 aromatic rings. The van der Waals surface area contributed by atoms with Gasteiger partial charge in [0.15, 0.2) is 0 Å². The van der Waals surface area contributed by atoms with Gasteiger partial charge in [-0.15, -0.1) is 11.8 Å². The van der Waals surface area contributed by atoms with E-state index in [4.69, 9.17) is 0 Å². The first kappa shape index (κ1) is 15.8. The molecule has 0 radical (unpaired) electrons. The van der Waals surface area contributed by atoms with Crippen LogP contribution < -0.4 is 5.32 Å². The van der Waals surface area contributed by atoms with E-state index in [0.29, 0.717) is 16.7 Å². The number of nitrogens with one attached hydrogen (secondary N) is 1. The van der Waals surface area contributed by atoms with Crippen molar-refractivity contribution in [1.29, 1.82) is 0 Å². The third-order valence-electron chi connectivity index (χ3n) is 4.50. The standard InChI is InChI=1S/C17H26FNS/c1-17(2,3)12-9-10-14(19-4)16(11-12)20-15-8-6-5-7-13(15)18/h5-8,12,14,16,19H,9-11H2,1-4H3. The molecule has 0 spiro atoms. The van der Waals surface area contributed by atoms with Gasteiger partial charge in [0, 0.05) is 16.2 Å². The van der Waals surface area contributed by atoms with Crippen LogP contribution in [0.2, 0.25) is 0 Å². The maximum absolute atomic E-state index is 13.9. The summed E-state index contributed by atoms with van der Waals surface area (Å²) in [6.07, 6.45) is 3.61. The summed E-state index contributed by atoms with van der Waals surface area (Å²) in [5.74, 6) is 0.626. The maximum atomic E-state index is 13.9. The van der Waals surface area contributed by atoms with Crippen molar-refractivity contribution in [2.45, 2.75) is 56.2 Å². The molecule has 0 aliphatic heterocycles. The van der Waals surface area contributed by atoms with Crippen LogP contribution in [0.15, 0.2) is 29.2 Å². The Hall–Kier alpha value is -0.540. The van der Waals surface area contributed by atoms with Crippen LogP contribution in [0.4, 0.5) is 4.39 Å². The lowest BCUT2D eigenvalue weighted by molar-refractivity contribution is 0.167. The van der Waals surface area contributed by atoms with Crippen LogP contribution in [0.5, 0.6) is 0 Å². The monoisotopic (exact) mass is 295 g/mol. The Balaban J connectivity index is 2.12. The van der Waals surface area contributed by atoms with Gasteiger partial charge in [0.2, 0.25) is 0 Å². The maximum Gasteiger partial charge on any atom is 0.136 e. The minimum atomic E-state index is -0.0924. The Morgan fingerprint density at radius 1 is 1.20 bits per heavy atom. The molecule has 1 nitrogen and oxygen atoms in total. The lowest BCUT2D eigenvalue weighted by Gasteiger charge is -2.41. The second-order valence-electron chi connectivity index (χ2n) is 6.86. The van der Waals surface area contributed by atoms with E-state index < -0.39 is 0 Å². The van der Waals surface area contributed by atoms with E-state index in [1.165, 1.54) is 12.8 Å². The topological polar surface area (TPSA) is 12.0 Å². The van der Waals surface area contributed by atoms with Crippen LogP contribution in [0.1, 0.15) is 40.0 Å². The van der Waals surface area contributed by atoms with E-state index in [0.717, 1.165) is 17.2 Å². The summed E-state index contributed by atoms with van der Waals surface area (Å²) < 4.78 is 13.9. The van der Waals surface area contributed by atoms with Gasteiger partial charge < -0.3 is 5.32 Å². The van der Waals surface area contributed by atoms with E-state index >= 15 is 0 Å². The van der Waals surface area contributed by atoms with Gasteiger partial charge in [0.1, 0.15) is 5.82 Å². The van der Waals surface area contributed by atoms with E-state index in [9.17, 15) is 4.39 Å². The highest BCUT2D eigenvalue weighted by Crippen LogP contribution is 2.43. The van der Waals surface area contributed by atoms with Gasteiger partial charge in [-0.2, -0.15) is 0 Å². The van der Waals surface area contributed by atoms with Crippen LogP contribution in [-0.4, -0.2) is 18.3 Å². The average Bonchev–Trinajstić information content (AvgIpc) is 2.40. The molecule has 0 bridgehead atoms. The highest BCUT2D eigenvalue weighted by Gasteiger charge is 2.36. The molecule has 1 N–H and O–H groups in total. The van der Waals surface area contributed by atoms with Gasteiger partial charge in [-0.1, -0.05) is 32.9 Å². The molecular formula is C17H26FNS.